The predicted octanol–water partition coefficient (Wildman–Crippen LogP) is 1.13. The van der Waals surface area contributed by atoms with Gasteiger partial charge in [-0.05, 0) is 0 Å². The van der Waals surface area contributed by atoms with Crippen molar-refractivity contribution in [1.82, 2.24) is 10.2 Å². The predicted molar refractivity (Wildman–Crippen MR) is 81.8 cm³/mol. The van der Waals surface area contributed by atoms with E-state index in [1.807, 2.05) is 0 Å². The molecule has 0 spiro atoms. The molecule has 120 valence electrons. The van der Waals surface area contributed by atoms with E-state index in [1.165, 1.54) is 18.9 Å². The van der Waals surface area contributed by atoms with Gasteiger partial charge >= 0.3 is 5.97 Å². The van der Waals surface area contributed by atoms with E-state index in [1.54, 1.807) is 24.3 Å². The lowest BCUT2D eigenvalue weighted by atomic mass is 10.1. The molecule has 1 heterocycles. The van der Waals surface area contributed by atoms with Gasteiger partial charge in [-0.3, -0.25) is 9.59 Å². The van der Waals surface area contributed by atoms with E-state index < -0.39 is 12.0 Å². The Morgan fingerprint density at radius 3 is 2.48 bits per heavy atom. The van der Waals surface area contributed by atoms with Gasteiger partial charge in [0.15, 0.2) is 5.69 Å². The highest BCUT2D eigenvalue weighted by Crippen LogP contribution is 2.20. The van der Waals surface area contributed by atoms with Crippen molar-refractivity contribution in [2.24, 2.45) is 0 Å². The molecule has 1 aliphatic heterocycles. The molecular formula is C16H17N3O4. The van der Waals surface area contributed by atoms with E-state index >= 15 is 0 Å². The molecular weight excluding hydrogens is 298 g/mol. The zero-order chi connectivity index (χ0) is 17.0. The van der Waals surface area contributed by atoms with Crippen molar-refractivity contribution in [3.05, 3.63) is 41.2 Å². The molecule has 23 heavy (non-hydrogen) atoms. The first kappa shape index (κ1) is 16.5. The van der Waals surface area contributed by atoms with E-state index in [0.717, 1.165) is 0 Å². The summed E-state index contributed by atoms with van der Waals surface area (Å²) in [6, 6.07) is 5.27. The molecule has 1 aromatic carbocycles. The third-order valence-electron chi connectivity index (χ3n) is 3.77. The van der Waals surface area contributed by atoms with Crippen LogP contribution in [0.1, 0.15) is 23.7 Å². The molecule has 1 unspecified atom stereocenters. The number of esters is 1. The molecule has 2 rings (SSSR count). The number of carbonyl (C=O) groups is 3. The summed E-state index contributed by atoms with van der Waals surface area (Å²) in [7, 11) is 1.27. The second-order valence-corrected chi connectivity index (χ2v) is 5.28. The van der Waals surface area contributed by atoms with Gasteiger partial charge in [-0.1, -0.05) is 24.3 Å². The number of nitrogens with one attached hydrogen (secondary N) is 1. The Hall–Kier alpha value is -2.88. The number of hydrogen-bond donors (Lipinski definition) is 1. The zero-order valence-corrected chi connectivity index (χ0v) is 12.9. The first-order chi connectivity index (χ1) is 11.0. The second kappa shape index (κ2) is 6.92. The summed E-state index contributed by atoms with van der Waals surface area (Å²) >= 11 is 0. The molecule has 1 aromatic rings. The van der Waals surface area contributed by atoms with Crippen LogP contribution in [0.5, 0.6) is 0 Å². The second-order valence-electron chi connectivity index (χ2n) is 5.28. The van der Waals surface area contributed by atoms with E-state index in [9.17, 15) is 14.4 Å². The highest BCUT2D eigenvalue weighted by molar-refractivity contribution is 5.95. The van der Waals surface area contributed by atoms with Gasteiger partial charge in [0.2, 0.25) is 5.91 Å². The fourth-order valence-electron chi connectivity index (χ4n) is 2.60. The van der Waals surface area contributed by atoms with Crippen LogP contribution in [0.25, 0.3) is 4.85 Å². The molecule has 1 aliphatic rings. The molecule has 0 radical (unpaired) electrons. The largest absolute Gasteiger partial charge is 0.467 e. The third kappa shape index (κ3) is 3.66. The lowest BCUT2D eigenvalue weighted by molar-refractivity contribution is -0.150. The smallest absolute Gasteiger partial charge is 0.328 e. The number of ether oxygens (including phenoxy) is 1. The average molecular weight is 315 g/mol. The first-order valence-corrected chi connectivity index (χ1v) is 7.09. The Bertz CT molecular complexity index is 663. The molecule has 2 amide bonds. The number of rotatable bonds is 3. The monoisotopic (exact) mass is 315 g/mol. The van der Waals surface area contributed by atoms with Gasteiger partial charge in [-0.25, -0.2) is 9.64 Å². The number of benzene rings is 1. The van der Waals surface area contributed by atoms with Crippen LogP contribution < -0.4 is 5.32 Å². The summed E-state index contributed by atoms with van der Waals surface area (Å²) in [6.07, 6.45) is 0.318. The van der Waals surface area contributed by atoms with Gasteiger partial charge in [0.1, 0.15) is 6.04 Å². The van der Waals surface area contributed by atoms with Gasteiger partial charge in [0.05, 0.1) is 13.7 Å². The number of methoxy groups -OCH3 is 1. The van der Waals surface area contributed by atoms with Crippen LogP contribution >= 0.6 is 0 Å². The van der Waals surface area contributed by atoms with Crippen molar-refractivity contribution in [3.63, 3.8) is 0 Å². The van der Waals surface area contributed by atoms with E-state index in [4.69, 9.17) is 11.3 Å². The van der Waals surface area contributed by atoms with Crippen molar-refractivity contribution in [2.45, 2.75) is 25.4 Å². The van der Waals surface area contributed by atoms with E-state index in [-0.39, 0.29) is 24.4 Å². The molecule has 7 heteroatoms. The first-order valence-electron chi connectivity index (χ1n) is 7.09. The van der Waals surface area contributed by atoms with Crippen LogP contribution in [0.2, 0.25) is 0 Å². The van der Waals surface area contributed by atoms with Crippen molar-refractivity contribution in [3.8, 4) is 0 Å². The van der Waals surface area contributed by atoms with Crippen LogP contribution in [0.4, 0.5) is 5.69 Å². The SMILES string of the molecule is [C-]#[N+]c1ccc(C(=O)NC2C[C@@H](C(=O)OC)N(C(C)=O)C2)cc1. The summed E-state index contributed by atoms with van der Waals surface area (Å²) in [4.78, 5) is 40.3. The summed E-state index contributed by atoms with van der Waals surface area (Å²) < 4.78 is 4.70. The van der Waals surface area contributed by atoms with Crippen LogP contribution in [0, 0.1) is 6.57 Å². The van der Waals surface area contributed by atoms with Gasteiger partial charge in [0, 0.05) is 31.5 Å². The van der Waals surface area contributed by atoms with E-state index in [2.05, 4.69) is 10.2 Å². The quantitative estimate of drug-likeness (QED) is 0.670. The Morgan fingerprint density at radius 1 is 1.30 bits per heavy atom. The van der Waals surface area contributed by atoms with E-state index in [0.29, 0.717) is 17.7 Å². The van der Waals surface area contributed by atoms with Gasteiger partial charge in [-0.15, -0.1) is 0 Å². The molecule has 1 saturated heterocycles. The molecule has 0 aliphatic carbocycles. The normalized spacial score (nSPS) is 19.8. The van der Waals surface area contributed by atoms with Crippen LogP contribution in [0.15, 0.2) is 24.3 Å². The minimum absolute atomic E-state index is 0.237. The van der Waals surface area contributed by atoms with Crippen LogP contribution in [-0.2, 0) is 14.3 Å². The molecule has 0 aromatic heterocycles. The lowest BCUT2D eigenvalue weighted by Crippen LogP contribution is -2.40. The Labute approximate surface area is 134 Å². The van der Waals surface area contributed by atoms with Crippen molar-refractivity contribution in [1.29, 1.82) is 0 Å². The number of likely N-dealkylation sites (tertiary alicyclic amines) is 1. The van der Waals surface area contributed by atoms with Crippen molar-refractivity contribution in [2.75, 3.05) is 13.7 Å². The number of carbonyl (C=O) groups excluding carboxylic acids is 3. The summed E-state index contributed by atoms with van der Waals surface area (Å²) in [5.41, 5.74) is 0.879. The average Bonchev–Trinajstić information content (AvgIpc) is 2.98. The van der Waals surface area contributed by atoms with Crippen LogP contribution in [-0.4, -0.2) is 48.4 Å². The highest BCUT2D eigenvalue weighted by atomic mass is 16.5. The maximum absolute atomic E-state index is 12.2. The third-order valence-corrected chi connectivity index (χ3v) is 3.77. The molecule has 1 fully saturated rings. The molecule has 0 saturated carbocycles. The van der Waals surface area contributed by atoms with Crippen molar-refractivity contribution >= 4 is 23.5 Å². The number of nitrogens with zero attached hydrogens (tertiary/aromatic N) is 2. The summed E-state index contributed by atoms with van der Waals surface area (Å²) in [5.74, 6) is -1.03. The minimum Gasteiger partial charge on any atom is -0.467 e. The summed E-state index contributed by atoms with van der Waals surface area (Å²) in [6.45, 7) is 8.53. The Morgan fingerprint density at radius 2 is 1.96 bits per heavy atom. The molecule has 1 N–H and O–H groups in total. The Kier molecular flexibility index (Phi) is 4.96. The van der Waals surface area contributed by atoms with Gasteiger partial charge in [-0.2, -0.15) is 0 Å². The number of hydrogen-bond acceptors (Lipinski definition) is 4. The fraction of sp³-hybridized carbons (Fsp3) is 0.375. The maximum Gasteiger partial charge on any atom is 0.328 e. The Balaban J connectivity index is 2.05. The molecule has 7 nitrogen and oxygen atoms in total. The molecule has 2 atom stereocenters. The summed E-state index contributed by atoms with van der Waals surface area (Å²) in [5, 5.41) is 2.81. The zero-order valence-electron chi connectivity index (χ0n) is 12.9. The van der Waals surface area contributed by atoms with Gasteiger partial charge in [0.25, 0.3) is 5.91 Å². The topological polar surface area (TPSA) is 80.1 Å². The molecule has 0 bridgehead atoms. The lowest BCUT2D eigenvalue weighted by Gasteiger charge is -2.20. The maximum atomic E-state index is 12.2. The standard InChI is InChI=1S/C16H17N3O4/c1-10(20)19-9-13(8-14(19)16(22)23-3)18-15(21)11-4-6-12(17-2)7-5-11/h4-7,13-14H,8-9H2,1,3H3,(H,18,21)/t13?,14-/m0/s1. The minimum atomic E-state index is -0.674. The van der Waals surface area contributed by atoms with Gasteiger partial charge < -0.3 is 15.0 Å². The van der Waals surface area contributed by atoms with Crippen LogP contribution in [0.3, 0.4) is 0 Å². The fourth-order valence-corrected chi connectivity index (χ4v) is 2.60. The highest BCUT2D eigenvalue weighted by Gasteiger charge is 2.39. The van der Waals surface area contributed by atoms with Crippen molar-refractivity contribution < 1.29 is 19.1 Å². The number of amides is 2.